The van der Waals surface area contributed by atoms with E-state index in [1.807, 2.05) is 12.4 Å². The van der Waals surface area contributed by atoms with Gasteiger partial charge in [-0.2, -0.15) is 0 Å². The molecule has 1 aliphatic rings. The SMILES string of the molecule is C=CN1CCN(C=C)C1. The molecule has 0 atom stereocenters. The molecule has 1 rings (SSSR count). The molecule has 0 aromatic heterocycles. The second kappa shape index (κ2) is 2.58. The first-order valence-corrected chi connectivity index (χ1v) is 3.10. The van der Waals surface area contributed by atoms with E-state index in [1.165, 1.54) is 0 Å². The van der Waals surface area contributed by atoms with Crippen molar-refractivity contribution in [2.24, 2.45) is 0 Å². The van der Waals surface area contributed by atoms with Gasteiger partial charge in [-0.05, 0) is 12.4 Å². The summed E-state index contributed by atoms with van der Waals surface area (Å²) in [4.78, 5) is 4.31. The Morgan fingerprint density at radius 3 is 1.67 bits per heavy atom. The molecule has 0 aromatic carbocycles. The molecule has 0 radical (unpaired) electrons. The molecule has 1 saturated heterocycles. The van der Waals surface area contributed by atoms with Crippen molar-refractivity contribution in [1.29, 1.82) is 0 Å². The quantitative estimate of drug-likeness (QED) is 0.538. The van der Waals surface area contributed by atoms with Crippen molar-refractivity contribution in [2.75, 3.05) is 19.8 Å². The average molecular weight is 124 g/mol. The standard InChI is InChI=1S/C7H12N2/c1-3-8-5-6-9(4-2)7-8/h3-4H,1-2,5-7H2. The van der Waals surface area contributed by atoms with Gasteiger partial charge in [-0.15, -0.1) is 0 Å². The third-order valence-corrected chi connectivity index (χ3v) is 1.55. The van der Waals surface area contributed by atoms with E-state index in [0.29, 0.717) is 0 Å². The molecular formula is C7H12N2. The van der Waals surface area contributed by atoms with Crippen LogP contribution in [0.4, 0.5) is 0 Å². The Morgan fingerprint density at radius 2 is 1.44 bits per heavy atom. The van der Waals surface area contributed by atoms with E-state index in [2.05, 4.69) is 23.0 Å². The van der Waals surface area contributed by atoms with Crippen molar-refractivity contribution in [3.8, 4) is 0 Å². The fourth-order valence-electron chi connectivity index (χ4n) is 0.930. The summed E-state index contributed by atoms with van der Waals surface area (Å²) in [6, 6.07) is 0. The lowest BCUT2D eigenvalue weighted by Gasteiger charge is -2.12. The molecule has 0 amide bonds. The highest BCUT2D eigenvalue weighted by Gasteiger charge is 2.11. The molecule has 0 unspecified atom stereocenters. The molecule has 1 aliphatic heterocycles. The van der Waals surface area contributed by atoms with Gasteiger partial charge in [0.1, 0.15) is 0 Å². The van der Waals surface area contributed by atoms with Gasteiger partial charge in [-0.1, -0.05) is 13.2 Å². The van der Waals surface area contributed by atoms with Crippen LogP contribution >= 0.6 is 0 Å². The van der Waals surface area contributed by atoms with Gasteiger partial charge in [0.2, 0.25) is 0 Å². The van der Waals surface area contributed by atoms with E-state index < -0.39 is 0 Å². The predicted octanol–water partition coefficient (Wildman–Crippen LogP) is 0.849. The van der Waals surface area contributed by atoms with E-state index in [0.717, 1.165) is 19.8 Å². The lowest BCUT2D eigenvalue weighted by atomic mass is 10.6. The molecule has 1 heterocycles. The number of hydrogen-bond donors (Lipinski definition) is 0. The highest BCUT2D eigenvalue weighted by Crippen LogP contribution is 2.03. The molecule has 0 saturated carbocycles. The van der Waals surface area contributed by atoms with Gasteiger partial charge >= 0.3 is 0 Å². The summed E-state index contributed by atoms with van der Waals surface area (Å²) in [5.74, 6) is 0. The van der Waals surface area contributed by atoms with E-state index >= 15 is 0 Å². The van der Waals surface area contributed by atoms with Crippen LogP contribution in [0, 0.1) is 0 Å². The molecular weight excluding hydrogens is 112 g/mol. The Labute approximate surface area is 56.1 Å². The Kier molecular flexibility index (Phi) is 1.78. The molecule has 1 fully saturated rings. The predicted molar refractivity (Wildman–Crippen MR) is 38.7 cm³/mol. The first-order valence-electron chi connectivity index (χ1n) is 3.10. The molecule has 9 heavy (non-hydrogen) atoms. The summed E-state index contributed by atoms with van der Waals surface area (Å²) in [5.41, 5.74) is 0. The maximum atomic E-state index is 3.68. The van der Waals surface area contributed by atoms with Crippen LogP contribution in [0.25, 0.3) is 0 Å². The fraction of sp³-hybridized carbons (Fsp3) is 0.429. The van der Waals surface area contributed by atoms with Gasteiger partial charge in [0.05, 0.1) is 6.67 Å². The lowest BCUT2D eigenvalue weighted by Crippen LogP contribution is -2.16. The molecule has 50 valence electrons. The van der Waals surface area contributed by atoms with Crippen LogP contribution in [0.2, 0.25) is 0 Å². The molecule has 0 spiro atoms. The Bertz CT molecular complexity index is 106. The zero-order chi connectivity index (χ0) is 6.69. The van der Waals surface area contributed by atoms with Crippen molar-refractivity contribution in [3.05, 3.63) is 25.6 Å². The van der Waals surface area contributed by atoms with Crippen LogP contribution in [0.3, 0.4) is 0 Å². The van der Waals surface area contributed by atoms with Gasteiger partial charge in [0.15, 0.2) is 0 Å². The van der Waals surface area contributed by atoms with Crippen molar-refractivity contribution in [1.82, 2.24) is 9.80 Å². The van der Waals surface area contributed by atoms with Crippen LogP contribution in [0.15, 0.2) is 25.6 Å². The minimum Gasteiger partial charge on any atom is -0.359 e. The molecule has 2 nitrogen and oxygen atoms in total. The summed E-state index contributed by atoms with van der Waals surface area (Å²) < 4.78 is 0. The van der Waals surface area contributed by atoms with Gasteiger partial charge in [0, 0.05) is 13.1 Å². The second-order valence-corrected chi connectivity index (χ2v) is 2.13. The smallest absolute Gasteiger partial charge is 0.0893 e. The first kappa shape index (κ1) is 6.20. The highest BCUT2D eigenvalue weighted by atomic mass is 15.4. The van der Waals surface area contributed by atoms with Crippen molar-refractivity contribution in [3.63, 3.8) is 0 Å². The topological polar surface area (TPSA) is 6.48 Å². The van der Waals surface area contributed by atoms with Crippen LogP contribution < -0.4 is 0 Å². The summed E-state index contributed by atoms with van der Waals surface area (Å²) in [7, 11) is 0. The minimum atomic E-state index is 0.951. The zero-order valence-electron chi connectivity index (χ0n) is 5.58. The largest absolute Gasteiger partial charge is 0.359 e. The molecule has 0 aliphatic carbocycles. The van der Waals surface area contributed by atoms with Crippen LogP contribution in [0.1, 0.15) is 0 Å². The summed E-state index contributed by atoms with van der Waals surface area (Å²) in [6.07, 6.45) is 3.73. The van der Waals surface area contributed by atoms with E-state index in [1.54, 1.807) is 0 Å². The number of hydrogen-bond acceptors (Lipinski definition) is 2. The van der Waals surface area contributed by atoms with E-state index in [9.17, 15) is 0 Å². The van der Waals surface area contributed by atoms with Crippen molar-refractivity contribution in [2.45, 2.75) is 0 Å². The normalized spacial score (nSPS) is 18.2. The van der Waals surface area contributed by atoms with Crippen molar-refractivity contribution >= 4 is 0 Å². The van der Waals surface area contributed by atoms with Gasteiger partial charge < -0.3 is 9.80 Å². The Balaban J connectivity index is 2.36. The highest BCUT2D eigenvalue weighted by molar-refractivity contribution is 4.83. The summed E-state index contributed by atoms with van der Waals surface area (Å²) in [5, 5.41) is 0. The van der Waals surface area contributed by atoms with Crippen LogP contribution in [-0.4, -0.2) is 29.6 Å². The minimum absolute atomic E-state index is 0.951. The van der Waals surface area contributed by atoms with Crippen LogP contribution in [0.5, 0.6) is 0 Å². The average Bonchev–Trinajstić information content (AvgIpc) is 2.34. The van der Waals surface area contributed by atoms with Crippen molar-refractivity contribution < 1.29 is 0 Å². The molecule has 0 N–H and O–H groups in total. The van der Waals surface area contributed by atoms with Crippen LogP contribution in [-0.2, 0) is 0 Å². The zero-order valence-corrected chi connectivity index (χ0v) is 5.58. The van der Waals surface area contributed by atoms with Gasteiger partial charge in [0.25, 0.3) is 0 Å². The Morgan fingerprint density at radius 1 is 1.00 bits per heavy atom. The maximum Gasteiger partial charge on any atom is 0.0893 e. The summed E-state index contributed by atoms with van der Waals surface area (Å²) >= 11 is 0. The van der Waals surface area contributed by atoms with E-state index in [-0.39, 0.29) is 0 Å². The Hall–Kier alpha value is -0.920. The van der Waals surface area contributed by atoms with E-state index in [4.69, 9.17) is 0 Å². The number of rotatable bonds is 2. The summed E-state index contributed by atoms with van der Waals surface area (Å²) in [6.45, 7) is 10.5. The number of nitrogens with zero attached hydrogens (tertiary/aromatic N) is 2. The lowest BCUT2D eigenvalue weighted by molar-refractivity contribution is 0.370. The first-order chi connectivity index (χ1) is 4.36. The second-order valence-electron chi connectivity index (χ2n) is 2.13. The third-order valence-electron chi connectivity index (χ3n) is 1.55. The molecule has 0 aromatic rings. The van der Waals surface area contributed by atoms with Gasteiger partial charge in [-0.25, -0.2) is 0 Å². The fourth-order valence-corrected chi connectivity index (χ4v) is 0.930. The molecule has 0 bridgehead atoms. The monoisotopic (exact) mass is 124 g/mol. The van der Waals surface area contributed by atoms with Gasteiger partial charge in [-0.3, -0.25) is 0 Å². The third kappa shape index (κ3) is 1.25. The maximum absolute atomic E-state index is 3.68. The molecule has 2 heteroatoms.